The molecule has 0 saturated carbocycles. The molecule has 0 radical (unpaired) electrons. The Morgan fingerprint density at radius 2 is 1.71 bits per heavy atom. The monoisotopic (exact) mass is 324 g/mol. The minimum Gasteiger partial charge on any atom is -0.378 e. The number of nitrogens with zero attached hydrogens (tertiary/aromatic N) is 2. The molecule has 5 heteroatoms. The van der Waals surface area contributed by atoms with Gasteiger partial charge in [0, 0.05) is 25.5 Å². The number of aryl methyl sites for hydroxylation is 1. The summed E-state index contributed by atoms with van der Waals surface area (Å²) in [7, 11) is 3.98. The van der Waals surface area contributed by atoms with E-state index in [1.165, 1.54) is 5.56 Å². The number of carbonyl (C=O) groups is 1. The highest BCUT2D eigenvalue weighted by atomic mass is 16.2. The number of anilines is 2. The number of amides is 1. The van der Waals surface area contributed by atoms with Crippen molar-refractivity contribution in [3.63, 3.8) is 0 Å². The predicted molar refractivity (Wildman–Crippen MR) is 101 cm³/mol. The fourth-order valence-corrected chi connectivity index (χ4v) is 2.09. The van der Waals surface area contributed by atoms with Crippen LogP contribution in [0.5, 0.6) is 0 Å². The van der Waals surface area contributed by atoms with Crippen molar-refractivity contribution >= 4 is 23.5 Å². The van der Waals surface area contributed by atoms with E-state index < -0.39 is 0 Å². The van der Waals surface area contributed by atoms with Gasteiger partial charge >= 0.3 is 0 Å². The van der Waals surface area contributed by atoms with Crippen molar-refractivity contribution in [1.29, 1.82) is 0 Å². The third-order valence-corrected chi connectivity index (χ3v) is 3.63. The lowest BCUT2D eigenvalue weighted by Gasteiger charge is -2.13. The minimum absolute atomic E-state index is 0.184. The summed E-state index contributed by atoms with van der Waals surface area (Å²) in [6, 6.07) is 15.5. The minimum atomic E-state index is -0.374. The summed E-state index contributed by atoms with van der Waals surface area (Å²) in [5, 5.41) is 7.16. The number of hydrazone groups is 1. The zero-order valence-corrected chi connectivity index (χ0v) is 14.6. The quantitative estimate of drug-likeness (QED) is 0.634. The third-order valence-electron chi connectivity index (χ3n) is 3.63. The van der Waals surface area contributed by atoms with Crippen molar-refractivity contribution in [3.05, 3.63) is 59.7 Å². The second kappa shape index (κ2) is 8.15. The summed E-state index contributed by atoms with van der Waals surface area (Å²) in [4.78, 5) is 14.1. The molecule has 0 bridgehead atoms. The highest BCUT2D eigenvalue weighted by Gasteiger charge is 2.11. The molecule has 0 aliphatic carbocycles. The average Bonchev–Trinajstić information content (AvgIpc) is 2.57. The van der Waals surface area contributed by atoms with Crippen LogP contribution < -0.4 is 15.6 Å². The molecular formula is C19H24N4O. The first-order valence-corrected chi connectivity index (χ1v) is 7.89. The van der Waals surface area contributed by atoms with Crippen LogP contribution in [-0.2, 0) is 4.79 Å². The molecule has 0 heterocycles. The van der Waals surface area contributed by atoms with Crippen molar-refractivity contribution in [2.45, 2.75) is 19.9 Å². The molecule has 0 saturated heterocycles. The summed E-state index contributed by atoms with van der Waals surface area (Å²) in [6.07, 6.45) is 1.63. The lowest BCUT2D eigenvalue weighted by atomic mass is 10.2. The van der Waals surface area contributed by atoms with Crippen LogP contribution >= 0.6 is 0 Å². The molecule has 2 N–H and O–H groups in total. The standard InChI is InChI=1S/C19H24N4O/c1-14-5-9-17(10-6-14)21-15(2)19(24)22-20-13-16-7-11-18(12-8-16)23(3)4/h5-13,15,21H,1-4H3,(H,22,24). The third kappa shape index (κ3) is 5.12. The molecule has 2 rings (SSSR count). The van der Waals surface area contributed by atoms with E-state index in [1.807, 2.05) is 74.4 Å². The van der Waals surface area contributed by atoms with Crippen LogP contribution in [0.2, 0.25) is 0 Å². The van der Waals surface area contributed by atoms with Crippen molar-refractivity contribution < 1.29 is 4.79 Å². The van der Waals surface area contributed by atoms with Gasteiger partial charge in [-0.3, -0.25) is 4.79 Å². The number of hydrogen-bond acceptors (Lipinski definition) is 4. The smallest absolute Gasteiger partial charge is 0.262 e. The average molecular weight is 324 g/mol. The topological polar surface area (TPSA) is 56.7 Å². The SMILES string of the molecule is Cc1ccc(NC(C)C(=O)NN=Cc2ccc(N(C)C)cc2)cc1. The van der Waals surface area contributed by atoms with Crippen LogP contribution in [0.1, 0.15) is 18.1 Å². The van der Waals surface area contributed by atoms with E-state index in [0.29, 0.717) is 0 Å². The second-order valence-electron chi connectivity index (χ2n) is 5.95. The zero-order chi connectivity index (χ0) is 17.5. The summed E-state index contributed by atoms with van der Waals surface area (Å²) >= 11 is 0. The number of rotatable bonds is 6. The molecule has 1 amide bonds. The van der Waals surface area contributed by atoms with E-state index in [1.54, 1.807) is 13.1 Å². The molecule has 0 aromatic heterocycles. The van der Waals surface area contributed by atoms with Gasteiger partial charge in [-0.25, -0.2) is 5.43 Å². The van der Waals surface area contributed by atoms with Crippen LogP contribution in [0.25, 0.3) is 0 Å². The number of hydrogen-bond donors (Lipinski definition) is 2. The Labute approximate surface area is 143 Å². The first kappa shape index (κ1) is 17.5. The Balaban J connectivity index is 1.86. The summed E-state index contributed by atoms with van der Waals surface area (Å²) in [6.45, 7) is 3.83. The highest BCUT2D eigenvalue weighted by molar-refractivity contribution is 5.86. The highest BCUT2D eigenvalue weighted by Crippen LogP contribution is 2.11. The summed E-state index contributed by atoms with van der Waals surface area (Å²) in [5.41, 5.74) is 6.70. The molecule has 126 valence electrons. The van der Waals surface area contributed by atoms with Crippen molar-refractivity contribution in [2.24, 2.45) is 5.10 Å². The normalized spacial score (nSPS) is 12.0. The zero-order valence-electron chi connectivity index (χ0n) is 14.6. The molecule has 0 aliphatic rings. The van der Waals surface area contributed by atoms with Gasteiger partial charge in [0.25, 0.3) is 5.91 Å². The number of nitrogens with one attached hydrogen (secondary N) is 2. The fourth-order valence-electron chi connectivity index (χ4n) is 2.09. The summed E-state index contributed by atoms with van der Waals surface area (Å²) < 4.78 is 0. The molecular weight excluding hydrogens is 300 g/mol. The maximum Gasteiger partial charge on any atom is 0.262 e. The predicted octanol–water partition coefficient (Wildman–Crippen LogP) is 3.01. The lowest BCUT2D eigenvalue weighted by molar-refractivity contribution is -0.121. The van der Waals surface area contributed by atoms with Gasteiger partial charge in [0.05, 0.1) is 6.21 Å². The van der Waals surface area contributed by atoms with E-state index in [0.717, 1.165) is 16.9 Å². The van der Waals surface area contributed by atoms with Crippen LogP contribution in [0, 0.1) is 6.92 Å². The summed E-state index contributed by atoms with van der Waals surface area (Å²) in [5.74, 6) is -0.184. The Morgan fingerprint density at radius 1 is 1.08 bits per heavy atom. The molecule has 0 spiro atoms. The largest absolute Gasteiger partial charge is 0.378 e. The Kier molecular flexibility index (Phi) is 5.95. The van der Waals surface area contributed by atoms with Crippen LogP contribution in [0.15, 0.2) is 53.6 Å². The van der Waals surface area contributed by atoms with Crippen LogP contribution in [0.4, 0.5) is 11.4 Å². The molecule has 0 aliphatic heterocycles. The lowest BCUT2D eigenvalue weighted by Crippen LogP contribution is -2.34. The first-order chi connectivity index (χ1) is 11.5. The number of benzene rings is 2. The van der Waals surface area contributed by atoms with Crippen LogP contribution in [0.3, 0.4) is 0 Å². The van der Waals surface area contributed by atoms with Gasteiger partial charge in [0.1, 0.15) is 6.04 Å². The molecule has 24 heavy (non-hydrogen) atoms. The van der Waals surface area contributed by atoms with Crippen molar-refractivity contribution in [2.75, 3.05) is 24.3 Å². The first-order valence-electron chi connectivity index (χ1n) is 7.89. The van der Waals surface area contributed by atoms with E-state index in [9.17, 15) is 4.79 Å². The van der Waals surface area contributed by atoms with Gasteiger partial charge in [-0.15, -0.1) is 0 Å². The Hall–Kier alpha value is -2.82. The Morgan fingerprint density at radius 3 is 2.29 bits per heavy atom. The molecule has 0 fully saturated rings. The number of carbonyl (C=O) groups excluding carboxylic acids is 1. The van der Waals surface area contributed by atoms with Gasteiger partial charge in [-0.05, 0) is 43.7 Å². The van der Waals surface area contributed by atoms with Gasteiger partial charge < -0.3 is 10.2 Å². The maximum atomic E-state index is 12.1. The van der Waals surface area contributed by atoms with Crippen molar-refractivity contribution in [1.82, 2.24) is 5.43 Å². The van der Waals surface area contributed by atoms with E-state index >= 15 is 0 Å². The van der Waals surface area contributed by atoms with E-state index in [4.69, 9.17) is 0 Å². The second-order valence-corrected chi connectivity index (χ2v) is 5.95. The van der Waals surface area contributed by atoms with Gasteiger partial charge in [0.2, 0.25) is 0 Å². The van der Waals surface area contributed by atoms with Gasteiger partial charge in [-0.2, -0.15) is 5.10 Å². The molecule has 2 aromatic carbocycles. The van der Waals surface area contributed by atoms with Crippen LogP contribution in [-0.4, -0.2) is 32.3 Å². The molecule has 1 atom stereocenters. The Bertz CT molecular complexity index is 690. The molecule has 5 nitrogen and oxygen atoms in total. The fraction of sp³-hybridized carbons (Fsp3) is 0.263. The van der Waals surface area contributed by atoms with Crippen molar-refractivity contribution in [3.8, 4) is 0 Å². The van der Waals surface area contributed by atoms with Gasteiger partial charge in [0.15, 0.2) is 0 Å². The maximum absolute atomic E-state index is 12.1. The van der Waals surface area contributed by atoms with Gasteiger partial charge in [-0.1, -0.05) is 29.8 Å². The van der Waals surface area contributed by atoms with E-state index in [2.05, 4.69) is 15.8 Å². The van der Waals surface area contributed by atoms with E-state index in [-0.39, 0.29) is 11.9 Å². The molecule has 2 aromatic rings. The molecule has 1 unspecified atom stereocenters.